The molecule has 0 saturated carbocycles. The number of ether oxygens (including phenoxy) is 1. The van der Waals surface area contributed by atoms with Crippen LogP contribution in [0.5, 0.6) is 5.75 Å². The van der Waals surface area contributed by atoms with Crippen LogP contribution in [-0.4, -0.2) is 52.7 Å². The molecule has 156 valence electrons. The summed E-state index contributed by atoms with van der Waals surface area (Å²) in [5.74, 6) is 0.520. The maximum atomic E-state index is 12.7. The number of carbonyl (C=O) groups is 2. The van der Waals surface area contributed by atoms with Gasteiger partial charge in [-0.3, -0.25) is 19.2 Å². The van der Waals surface area contributed by atoms with Crippen molar-refractivity contribution in [2.75, 3.05) is 30.8 Å². The molecule has 0 radical (unpaired) electrons. The van der Waals surface area contributed by atoms with Gasteiger partial charge in [-0.1, -0.05) is 12.1 Å². The lowest BCUT2D eigenvalue weighted by atomic mass is 9.95. The number of para-hydroxylation sites is 2. The number of nitrogens with zero attached hydrogens (tertiary/aromatic N) is 3. The molecule has 29 heavy (non-hydrogen) atoms. The molecule has 1 aromatic heterocycles. The van der Waals surface area contributed by atoms with E-state index < -0.39 is 0 Å². The van der Waals surface area contributed by atoms with Crippen molar-refractivity contribution in [1.29, 1.82) is 0 Å². The SMILES string of the molecule is CCn1cc(NC(=O)C2CCN(C(C)C(=O)Nc3ccccc3OC)CC2)cn1. The van der Waals surface area contributed by atoms with Crippen molar-refractivity contribution in [2.45, 2.75) is 39.3 Å². The van der Waals surface area contributed by atoms with E-state index in [1.165, 1.54) is 0 Å². The molecule has 2 N–H and O–H groups in total. The molecular formula is C21H29N5O3. The maximum absolute atomic E-state index is 12.7. The molecule has 0 bridgehead atoms. The first-order valence-corrected chi connectivity index (χ1v) is 10.0. The van der Waals surface area contributed by atoms with Crippen LogP contribution in [0.2, 0.25) is 0 Å². The first-order chi connectivity index (χ1) is 14.0. The highest BCUT2D eigenvalue weighted by Gasteiger charge is 2.30. The number of carbonyl (C=O) groups excluding carboxylic acids is 2. The van der Waals surface area contributed by atoms with Crippen LogP contribution < -0.4 is 15.4 Å². The van der Waals surface area contributed by atoms with Gasteiger partial charge in [0, 0.05) is 18.7 Å². The molecule has 2 aromatic rings. The smallest absolute Gasteiger partial charge is 0.241 e. The number of amides is 2. The van der Waals surface area contributed by atoms with E-state index in [1.807, 2.05) is 44.3 Å². The summed E-state index contributed by atoms with van der Waals surface area (Å²) >= 11 is 0. The van der Waals surface area contributed by atoms with Gasteiger partial charge in [-0.25, -0.2) is 0 Å². The molecular weight excluding hydrogens is 370 g/mol. The highest BCUT2D eigenvalue weighted by atomic mass is 16.5. The van der Waals surface area contributed by atoms with Crippen molar-refractivity contribution >= 4 is 23.2 Å². The Hall–Kier alpha value is -2.87. The molecule has 1 atom stereocenters. The summed E-state index contributed by atoms with van der Waals surface area (Å²) in [6.07, 6.45) is 4.94. The minimum absolute atomic E-state index is 0.0198. The van der Waals surface area contributed by atoms with Crippen LogP contribution in [0.1, 0.15) is 26.7 Å². The van der Waals surface area contributed by atoms with E-state index in [2.05, 4.69) is 20.6 Å². The van der Waals surface area contributed by atoms with Gasteiger partial charge in [0.05, 0.1) is 30.7 Å². The van der Waals surface area contributed by atoms with E-state index in [-0.39, 0.29) is 23.8 Å². The van der Waals surface area contributed by atoms with Crippen LogP contribution in [0.25, 0.3) is 0 Å². The number of methoxy groups -OCH3 is 1. The largest absolute Gasteiger partial charge is 0.495 e. The van der Waals surface area contributed by atoms with Crippen LogP contribution in [0.15, 0.2) is 36.7 Å². The molecule has 0 spiro atoms. The third kappa shape index (κ3) is 5.14. The minimum atomic E-state index is -0.285. The summed E-state index contributed by atoms with van der Waals surface area (Å²) in [5.41, 5.74) is 1.39. The van der Waals surface area contributed by atoms with Crippen molar-refractivity contribution in [3.05, 3.63) is 36.7 Å². The highest BCUT2D eigenvalue weighted by Crippen LogP contribution is 2.25. The highest BCUT2D eigenvalue weighted by molar-refractivity contribution is 5.96. The lowest BCUT2D eigenvalue weighted by Crippen LogP contribution is -2.47. The van der Waals surface area contributed by atoms with Gasteiger partial charge in [0.25, 0.3) is 0 Å². The van der Waals surface area contributed by atoms with Gasteiger partial charge in [0.2, 0.25) is 11.8 Å². The lowest BCUT2D eigenvalue weighted by Gasteiger charge is -2.34. The number of aryl methyl sites for hydroxylation is 1. The van der Waals surface area contributed by atoms with Gasteiger partial charge in [-0.2, -0.15) is 5.10 Å². The topological polar surface area (TPSA) is 88.5 Å². The van der Waals surface area contributed by atoms with Gasteiger partial charge in [0.1, 0.15) is 5.75 Å². The Kier molecular flexibility index (Phi) is 6.87. The normalized spacial score (nSPS) is 16.2. The molecule has 1 aliphatic heterocycles. The number of likely N-dealkylation sites (tertiary alicyclic amines) is 1. The molecule has 1 aliphatic rings. The second-order valence-corrected chi connectivity index (χ2v) is 7.25. The molecule has 1 saturated heterocycles. The second kappa shape index (κ2) is 9.56. The number of nitrogens with one attached hydrogen (secondary N) is 2. The molecule has 0 aliphatic carbocycles. The molecule has 8 nitrogen and oxygen atoms in total. The Bertz CT molecular complexity index is 842. The molecule has 1 fully saturated rings. The van der Waals surface area contributed by atoms with Crippen molar-refractivity contribution in [3.63, 3.8) is 0 Å². The van der Waals surface area contributed by atoms with Crippen molar-refractivity contribution in [1.82, 2.24) is 14.7 Å². The van der Waals surface area contributed by atoms with E-state index in [9.17, 15) is 9.59 Å². The minimum Gasteiger partial charge on any atom is -0.495 e. The van der Waals surface area contributed by atoms with E-state index >= 15 is 0 Å². The average molecular weight is 399 g/mol. The van der Waals surface area contributed by atoms with Gasteiger partial charge in [-0.05, 0) is 51.9 Å². The number of hydrogen-bond acceptors (Lipinski definition) is 5. The zero-order valence-electron chi connectivity index (χ0n) is 17.2. The average Bonchev–Trinajstić information content (AvgIpc) is 3.21. The van der Waals surface area contributed by atoms with Crippen LogP contribution in [0, 0.1) is 5.92 Å². The number of benzene rings is 1. The van der Waals surface area contributed by atoms with Gasteiger partial charge < -0.3 is 15.4 Å². The Morgan fingerprint density at radius 2 is 1.97 bits per heavy atom. The van der Waals surface area contributed by atoms with Crippen LogP contribution in [0.3, 0.4) is 0 Å². The standard InChI is InChI=1S/C21H29N5O3/c1-4-26-14-17(13-22-26)23-21(28)16-9-11-25(12-10-16)15(2)20(27)24-18-7-5-6-8-19(18)29-3/h5-8,13-16H,4,9-12H2,1-3H3,(H,23,28)(H,24,27). The van der Waals surface area contributed by atoms with Crippen molar-refractivity contribution in [2.24, 2.45) is 5.92 Å². The van der Waals surface area contributed by atoms with Crippen LogP contribution in [0.4, 0.5) is 11.4 Å². The van der Waals surface area contributed by atoms with Crippen molar-refractivity contribution in [3.8, 4) is 5.75 Å². The zero-order valence-corrected chi connectivity index (χ0v) is 17.2. The Morgan fingerprint density at radius 3 is 2.62 bits per heavy atom. The van der Waals surface area contributed by atoms with Gasteiger partial charge >= 0.3 is 0 Å². The summed E-state index contributed by atoms with van der Waals surface area (Å²) in [6, 6.07) is 7.07. The predicted octanol–water partition coefficient (Wildman–Crippen LogP) is 2.59. The fourth-order valence-corrected chi connectivity index (χ4v) is 3.55. The number of aromatic nitrogens is 2. The summed E-state index contributed by atoms with van der Waals surface area (Å²) < 4.78 is 7.07. The number of anilines is 2. The molecule has 2 heterocycles. The lowest BCUT2D eigenvalue weighted by molar-refractivity contribution is -0.123. The van der Waals surface area contributed by atoms with Crippen molar-refractivity contribution < 1.29 is 14.3 Å². The van der Waals surface area contributed by atoms with Gasteiger partial charge in [-0.15, -0.1) is 0 Å². The number of piperidine rings is 1. The fraction of sp³-hybridized carbons (Fsp3) is 0.476. The quantitative estimate of drug-likeness (QED) is 0.747. The summed E-state index contributed by atoms with van der Waals surface area (Å²) in [6.45, 7) is 6.06. The second-order valence-electron chi connectivity index (χ2n) is 7.25. The monoisotopic (exact) mass is 399 g/mol. The fourth-order valence-electron chi connectivity index (χ4n) is 3.55. The molecule has 3 rings (SSSR count). The molecule has 1 unspecified atom stereocenters. The summed E-state index contributed by atoms with van der Waals surface area (Å²) in [4.78, 5) is 27.3. The molecule has 2 amide bonds. The molecule has 1 aromatic carbocycles. The maximum Gasteiger partial charge on any atom is 0.241 e. The van der Waals surface area contributed by atoms with Crippen LogP contribution >= 0.6 is 0 Å². The zero-order chi connectivity index (χ0) is 20.8. The Morgan fingerprint density at radius 1 is 1.24 bits per heavy atom. The first kappa shape index (κ1) is 20.9. The first-order valence-electron chi connectivity index (χ1n) is 10.0. The predicted molar refractivity (Wildman–Crippen MR) is 112 cm³/mol. The Labute approximate surface area is 171 Å². The van der Waals surface area contributed by atoms with E-state index in [1.54, 1.807) is 18.0 Å². The number of hydrogen-bond donors (Lipinski definition) is 2. The van der Waals surface area contributed by atoms with Crippen LogP contribution in [-0.2, 0) is 16.1 Å². The third-order valence-corrected chi connectivity index (χ3v) is 5.42. The third-order valence-electron chi connectivity index (χ3n) is 5.42. The van der Waals surface area contributed by atoms with E-state index in [0.717, 1.165) is 25.1 Å². The van der Waals surface area contributed by atoms with E-state index in [4.69, 9.17) is 4.74 Å². The number of rotatable bonds is 7. The summed E-state index contributed by atoms with van der Waals surface area (Å²) in [7, 11) is 1.58. The van der Waals surface area contributed by atoms with Gasteiger partial charge in [0.15, 0.2) is 0 Å². The molecule has 8 heteroatoms. The summed E-state index contributed by atoms with van der Waals surface area (Å²) in [5, 5.41) is 10.1. The Balaban J connectivity index is 1.50. The van der Waals surface area contributed by atoms with E-state index in [0.29, 0.717) is 24.5 Å².